The van der Waals surface area contributed by atoms with Crippen LogP contribution in [0, 0.1) is 5.82 Å². The number of aryl methyl sites for hydroxylation is 1. The first kappa shape index (κ1) is 18.7. The zero-order chi connectivity index (χ0) is 18.1. The number of carbonyl (C=O) groups excluding carboxylic acids is 1. The predicted molar refractivity (Wildman–Crippen MR) is 91.5 cm³/mol. The number of rotatable bonds is 10. The van der Waals surface area contributed by atoms with Gasteiger partial charge in [0.2, 0.25) is 5.91 Å². The fourth-order valence-corrected chi connectivity index (χ4v) is 2.45. The monoisotopic (exact) mass is 347 g/mol. The fraction of sp³-hybridized carbons (Fsp3) is 0.368. The van der Waals surface area contributed by atoms with Crippen LogP contribution in [0.25, 0.3) is 11.3 Å². The third kappa shape index (κ3) is 6.41. The van der Waals surface area contributed by atoms with Crippen LogP contribution in [0.3, 0.4) is 0 Å². The summed E-state index contributed by atoms with van der Waals surface area (Å²) < 4.78 is 19.3. The Balaban J connectivity index is 1.69. The molecular weight excluding hydrogens is 325 g/mol. The maximum atomic E-state index is 13.7. The zero-order valence-electron chi connectivity index (χ0n) is 14.0. The number of carboxylic acids is 1. The zero-order valence-corrected chi connectivity index (χ0v) is 14.0. The highest BCUT2D eigenvalue weighted by molar-refractivity contribution is 5.76. The largest absolute Gasteiger partial charge is 0.481 e. The molecule has 0 aliphatic heterocycles. The van der Waals surface area contributed by atoms with Crippen LogP contribution in [0.5, 0.6) is 0 Å². The molecule has 0 radical (unpaired) electrons. The standard InChI is InChI=1S/C19H22FNO4/c20-16-7-4-3-6-15(16)17-11-9-14(25-17)10-12-18(22)21-13-5-1-2-8-19(23)24/h3-4,6-7,9,11H,1-2,5,8,10,12-13H2,(H,21,22)(H,23,24). The summed E-state index contributed by atoms with van der Waals surface area (Å²) in [4.78, 5) is 22.2. The number of benzene rings is 1. The summed E-state index contributed by atoms with van der Waals surface area (Å²) in [7, 11) is 0. The summed E-state index contributed by atoms with van der Waals surface area (Å²) in [6, 6.07) is 9.84. The van der Waals surface area contributed by atoms with Crippen LogP contribution in [-0.2, 0) is 16.0 Å². The van der Waals surface area contributed by atoms with Crippen LogP contribution in [0.1, 0.15) is 37.9 Å². The first-order valence-electron chi connectivity index (χ1n) is 8.38. The highest BCUT2D eigenvalue weighted by Crippen LogP contribution is 2.25. The van der Waals surface area contributed by atoms with Crippen molar-refractivity contribution in [3.8, 4) is 11.3 Å². The molecule has 1 aromatic carbocycles. The minimum absolute atomic E-state index is 0.0814. The van der Waals surface area contributed by atoms with Gasteiger partial charge in [-0.15, -0.1) is 0 Å². The molecule has 0 fully saturated rings. The minimum atomic E-state index is -0.794. The van der Waals surface area contributed by atoms with Crippen LogP contribution in [-0.4, -0.2) is 23.5 Å². The summed E-state index contributed by atoms with van der Waals surface area (Å²) in [5, 5.41) is 11.3. The normalized spacial score (nSPS) is 10.6. The molecule has 134 valence electrons. The van der Waals surface area contributed by atoms with Gasteiger partial charge in [-0.25, -0.2) is 4.39 Å². The van der Waals surface area contributed by atoms with Crippen molar-refractivity contribution in [1.82, 2.24) is 5.32 Å². The molecule has 2 aromatic rings. The SMILES string of the molecule is O=C(O)CCCCCNC(=O)CCc1ccc(-c2ccccc2F)o1. The van der Waals surface area contributed by atoms with Gasteiger partial charge in [-0.05, 0) is 37.1 Å². The third-order valence-corrected chi connectivity index (χ3v) is 3.79. The summed E-state index contributed by atoms with van der Waals surface area (Å²) in [6.45, 7) is 0.539. The number of carbonyl (C=O) groups is 2. The second kappa shape index (κ2) is 9.61. The highest BCUT2D eigenvalue weighted by Gasteiger charge is 2.10. The van der Waals surface area contributed by atoms with Crippen molar-refractivity contribution in [2.75, 3.05) is 6.54 Å². The average Bonchev–Trinajstić information content (AvgIpc) is 3.05. The predicted octanol–water partition coefficient (Wildman–Crippen LogP) is 3.78. The molecule has 0 saturated carbocycles. The first-order chi connectivity index (χ1) is 12.1. The molecular formula is C19H22FNO4. The number of halogens is 1. The van der Waals surface area contributed by atoms with Gasteiger partial charge in [0, 0.05) is 25.8 Å². The number of hydrogen-bond acceptors (Lipinski definition) is 3. The Morgan fingerprint density at radius 3 is 2.60 bits per heavy atom. The van der Waals surface area contributed by atoms with Crippen molar-refractivity contribution in [2.24, 2.45) is 0 Å². The molecule has 1 amide bonds. The van der Waals surface area contributed by atoms with Crippen LogP contribution in [0.2, 0.25) is 0 Å². The molecule has 0 atom stereocenters. The number of furan rings is 1. The van der Waals surface area contributed by atoms with E-state index < -0.39 is 5.97 Å². The fourth-order valence-electron chi connectivity index (χ4n) is 2.45. The molecule has 0 saturated heterocycles. The van der Waals surface area contributed by atoms with E-state index in [0.717, 1.165) is 12.8 Å². The van der Waals surface area contributed by atoms with Gasteiger partial charge in [0.25, 0.3) is 0 Å². The highest BCUT2D eigenvalue weighted by atomic mass is 19.1. The molecule has 0 spiro atoms. The van der Waals surface area contributed by atoms with Crippen molar-refractivity contribution < 1.29 is 23.5 Å². The molecule has 6 heteroatoms. The van der Waals surface area contributed by atoms with Gasteiger partial charge >= 0.3 is 5.97 Å². The van der Waals surface area contributed by atoms with Crippen LogP contribution in [0.4, 0.5) is 4.39 Å². The summed E-state index contributed by atoms with van der Waals surface area (Å²) in [5.74, 6) is -0.134. The van der Waals surface area contributed by atoms with Gasteiger partial charge in [0.15, 0.2) is 0 Å². The molecule has 1 heterocycles. The van der Waals surface area contributed by atoms with Gasteiger partial charge in [-0.3, -0.25) is 9.59 Å². The smallest absolute Gasteiger partial charge is 0.303 e. The van der Waals surface area contributed by atoms with E-state index >= 15 is 0 Å². The third-order valence-electron chi connectivity index (χ3n) is 3.79. The van der Waals surface area contributed by atoms with E-state index in [1.807, 2.05) is 0 Å². The minimum Gasteiger partial charge on any atom is -0.481 e. The Hall–Kier alpha value is -2.63. The molecule has 2 rings (SSSR count). The van der Waals surface area contributed by atoms with Crippen molar-refractivity contribution in [3.05, 3.63) is 48.0 Å². The lowest BCUT2D eigenvalue weighted by atomic mass is 10.1. The summed E-state index contributed by atoms with van der Waals surface area (Å²) >= 11 is 0. The van der Waals surface area contributed by atoms with Gasteiger partial charge in [0.1, 0.15) is 17.3 Å². The molecule has 0 aliphatic carbocycles. The van der Waals surface area contributed by atoms with Gasteiger partial charge in [-0.1, -0.05) is 18.6 Å². The van der Waals surface area contributed by atoms with Crippen molar-refractivity contribution in [1.29, 1.82) is 0 Å². The summed E-state index contributed by atoms with van der Waals surface area (Å²) in [6.07, 6.45) is 3.06. The topological polar surface area (TPSA) is 79.5 Å². The number of hydrogen-bond donors (Lipinski definition) is 2. The van der Waals surface area contributed by atoms with Gasteiger partial charge in [0.05, 0.1) is 5.56 Å². The quantitative estimate of drug-likeness (QED) is 0.641. The second-order valence-electron chi connectivity index (χ2n) is 5.80. The lowest BCUT2D eigenvalue weighted by molar-refractivity contribution is -0.137. The lowest BCUT2D eigenvalue weighted by Crippen LogP contribution is -2.24. The van der Waals surface area contributed by atoms with Crippen LogP contribution < -0.4 is 5.32 Å². The number of unbranched alkanes of at least 4 members (excludes halogenated alkanes) is 2. The van der Waals surface area contributed by atoms with E-state index in [-0.39, 0.29) is 18.1 Å². The molecule has 1 aromatic heterocycles. The van der Waals surface area contributed by atoms with E-state index in [1.165, 1.54) is 6.07 Å². The van der Waals surface area contributed by atoms with Crippen molar-refractivity contribution in [3.63, 3.8) is 0 Å². The molecule has 0 unspecified atom stereocenters. The Labute approximate surface area is 145 Å². The number of carboxylic acid groups (broad SMARTS) is 1. The lowest BCUT2D eigenvalue weighted by Gasteiger charge is -2.04. The maximum absolute atomic E-state index is 13.7. The van der Waals surface area contributed by atoms with E-state index in [0.29, 0.717) is 42.9 Å². The Bertz CT molecular complexity index is 711. The number of nitrogens with one attached hydrogen (secondary N) is 1. The average molecular weight is 347 g/mol. The Morgan fingerprint density at radius 1 is 1.04 bits per heavy atom. The molecule has 0 aliphatic rings. The molecule has 25 heavy (non-hydrogen) atoms. The Morgan fingerprint density at radius 2 is 1.84 bits per heavy atom. The van der Waals surface area contributed by atoms with Crippen LogP contribution >= 0.6 is 0 Å². The molecule has 2 N–H and O–H groups in total. The number of amides is 1. The van der Waals surface area contributed by atoms with Crippen LogP contribution in [0.15, 0.2) is 40.8 Å². The first-order valence-corrected chi connectivity index (χ1v) is 8.38. The molecule has 5 nitrogen and oxygen atoms in total. The molecule has 0 bridgehead atoms. The van der Waals surface area contributed by atoms with Crippen molar-refractivity contribution >= 4 is 11.9 Å². The number of aliphatic carboxylic acids is 1. The van der Waals surface area contributed by atoms with E-state index in [9.17, 15) is 14.0 Å². The maximum Gasteiger partial charge on any atom is 0.303 e. The van der Waals surface area contributed by atoms with E-state index in [1.54, 1.807) is 30.3 Å². The van der Waals surface area contributed by atoms with E-state index in [2.05, 4.69) is 5.32 Å². The second-order valence-corrected chi connectivity index (χ2v) is 5.80. The summed E-state index contributed by atoms with van der Waals surface area (Å²) in [5.41, 5.74) is 0.402. The van der Waals surface area contributed by atoms with E-state index in [4.69, 9.17) is 9.52 Å². The van der Waals surface area contributed by atoms with Crippen molar-refractivity contribution in [2.45, 2.75) is 38.5 Å². The Kier molecular flexibility index (Phi) is 7.19. The van der Waals surface area contributed by atoms with Gasteiger partial charge in [-0.2, -0.15) is 0 Å². The van der Waals surface area contributed by atoms with Gasteiger partial charge < -0.3 is 14.8 Å².